The number of carbonyl (C=O) groups is 1. The number of H-pyrrole nitrogens is 1. The van der Waals surface area contributed by atoms with Gasteiger partial charge in [-0.1, -0.05) is 12.1 Å². The van der Waals surface area contributed by atoms with Gasteiger partial charge in [-0.15, -0.1) is 0 Å². The molecule has 1 aliphatic heterocycles. The molecule has 4 rings (SSSR count). The summed E-state index contributed by atoms with van der Waals surface area (Å²) in [5.41, 5.74) is 2.21. The first kappa shape index (κ1) is 24.9. The first-order chi connectivity index (χ1) is 16.7. The van der Waals surface area contributed by atoms with E-state index in [9.17, 15) is 18.0 Å². The number of morpholine rings is 1. The number of pyridine rings is 1. The minimum absolute atomic E-state index is 0.0209. The summed E-state index contributed by atoms with van der Waals surface area (Å²) >= 11 is 0. The molecule has 186 valence electrons. The van der Waals surface area contributed by atoms with Crippen molar-refractivity contribution in [1.29, 1.82) is 0 Å². The lowest BCUT2D eigenvalue weighted by molar-refractivity contribution is -0.906. The summed E-state index contributed by atoms with van der Waals surface area (Å²) in [4.78, 5) is 30.1. The number of amides is 1. The molecule has 0 aliphatic carbocycles. The molecule has 1 saturated heterocycles. The highest BCUT2D eigenvalue weighted by atomic mass is 32.2. The number of carbonyl (C=O) groups excluding carboxylic acids is 1. The van der Waals surface area contributed by atoms with Gasteiger partial charge in [-0.25, -0.2) is 8.42 Å². The topological polar surface area (TPSA) is 113 Å². The number of sulfonamides is 1. The predicted molar refractivity (Wildman–Crippen MR) is 135 cm³/mol. The summed E-state index contributed by atoms with van der Waals surface area (Å²) < 4.78 is 33.3. The zero-order chi connectivity index (χ0) is 25.2. The van der Waals surface area contributed by atoms with E-state index in [0.29, 0.717) is 31.0 Å². The van der Waals surface area contributed by atoms with Crippen molar-refractivity contribution in [2.75, 3.05) is 50.7 Å². The van der Waals surface area contributed by atoms with Crippen LogP contribution in [0.15, 0.2) is 52.3 Å². The highest BCUT2D eigenvalue weighted by Gasteiger charge is 2.24. The van der Waals surface area contributed by atoms with Crippen LogP contribution < -0.4 is 20.0 Å². The summed E-state index contributed by atoms with van der Waals surface area (Å²) in [6.07, 6.45) is 1.37. The monoisotopic (exact) mass is 499 g/mol. The molecule has 2 aromatic carbocycles. The van der Waals surface area contributed by atoms with E-state index in [1.165, 1.54) is 34.6 Å². The Kier molecular flexibility index (Phi) is 7.25. The van der Waals surface area contributed by atoms with Crippen LogP contribution in [0.2, 0.25) is 0 Å². The third kappa shape index (κ3) is 5.24. The van der Waals surface area contributed by atoms with Crippen LogP contribution in [0.25, 0.3) is 10.9 Å². The maximum atomic E-state index is 13.4. The van der Waals surface area contributed by atoms with E-state index in [0.717, 1.165) is 30.8 Å². The molecule has 2 heterocycles. The lowest BCUT2D eigenvalue weighted by Gasteiger charge is -2.23. The minimum Gasteiger partial charge on any atom is -0.370 e. The van der Waals surface area contributed by atoms with Crippen molar-refractivity contribution in [3.63, 3.8) is 0 Å². The Hall–Kier alpha value is -3.21. The lowest BCUT2D eigenvalue weighted by atomic mass is 10.1. The van der Waals surface area contributed by atoms with Gasteiger partial charge in [-0.3, -0.25) is 13.9 Å². The van der Waals surface area contributed by atoms with E-state index in [1.807, 2.05) is 32.0 Å². The number of aryl methyl sites for hydroxylation is 2. The van der Waals surface area contributed by atoms with Gasteiger partial charge in [-0.2, -0.15) is 0 Å². The molecule has 0 spiro atoms. The normalized spacial score (nSPS) is 14.7. The van der Waals surface area contributed by atoms with E-state index in [-0.39, 0.29) is 15.8 Å². The zero-order valence-electron chi connectivity index (χ0n) is 20.2. The Morgan fingerprint density at radius 1 is 1.14 bits per heavy atom. The molecule has 1 amide bonds. The Morgan fingerprint density at radius 2 is 1.89 bits per heavy atom. The number of benzene rings is 2. The number of anilines is 1. The molecular weight excluding hydrogens is 468 g/mol. The molecule has 0 atom stereocenters. The fourth-order valence-corrected chi connectivity index (χ4v) is 5.51. The average Bonchev–Trinajstić information content (AvgIpc) is 2.85. The standard InChI is InChI=1S/C25H30N4O5S/c1-17-4-5-18(2)23(14-17)28(3)35(32,33)19-6-7-22-20(15-19)24(30)21(16-27-22)25(31)26-8-9-29-10-12-34-13-11-29/h4-7,14-16H,8-13H2,1-3H3,(H,26,31)(H,27,30)/p+1. The summed E-state index contributed by atoms with van der Waals surface area (Å²) in [5, 5.41) is 2.95. The van der Waals surface area contributed by atoms with Crippen LogP contribution in [-0.4, -0.2) is 65.7 Å². The minimum atomic E-state index is -3.93. The van der Waals surface area contributed by atoms with Crippen molar-refractivity contribution in [1.82, 2.24) is 10.3 Å². The first-order valence-corrected chi connectivity index (χ1v) is 13.0. The number of hydrogen-bond donors (Lipinski definition) is 3. The van der Waals surface area contributed by atoms with Crippen LogP contribution in [0, 0.1) is 13.8 Å². The lowest BCUT2D eigenvalue weighted by Crippen LogP contribution is -3.14. The van der Waals surface area contributed by atoms with Gasteiger partial charge in [-0.05, 0) is 49.2 Å². The van der Waals surface area contributed by atoms with Gasteiger partial charge in [0, 0.05) is 24.1 Å². The van der Waals surface area contributed by atoms with E-state index in [4.69, 9.17) is 4.74 Å². The number of aromatic amines is 1. The maximum absolute atomic E-state index is 13.4. The molecule has 1 aliphatic rings. The molecule has 1 aromatic heterocycles. The van der Waals surface area contributed by atoms with Gasteiger partial charge in [0.2, 0.25) is 5.43 Å². The van der Waals surface area contributed by atoms with E-state index >= 15 is 0 Å². The molecule has 10 heteroatoms. The Bertz CT molecular complexity index is 1410. The van der Waals surface area contributed by atoms with E-state index in [1.54, 1.807) is 6.07 Å². The molecule has 0 unspecified atom stereocenters. The van der Waals surface area contributed by atoms with Crippen LogP contribution in [0.1, 0.15) is 21.5 Å². The number of hydrogen-bond acceptors (Lipinski definition) is 5. The molecule has 0 bridgehead atoms. The highest BCUT2D eigenvalue weighted by molar-refractivity contribution is 7.92. The first-order valence-electron chi connectivity index (χ1n) is 11.6. The number of quaternary nitrogens is 1. The van der Waals surface area contributed by atoms with E-state index < -0.39 is 21.4 Å². The van der Waals surface area contributed by atoms with Crippen molar-refractivity contribution in [2.45, 2.75) is 18.7 Å². The quantitative estimate of drug-likeness (QED) is 0.441. The number of rotatable bonds is 7. The molecule has 0 saturated carbocycles. The number of fused-ring (bicyclic) bond motifs is 1. The highest BCUT2D eigenvalue weighted by Crippen LogP contribution is 2.27. The summed E-state index contributed by atoms with van der Waals surface area (Å²) in [7, 11) is -2.44. The van der Waals surface area contributed by atoms with Crippen molar-refractivity contribution in [2.24, 2.45) is 0 Å². The van der Waals surface area contributed by atoms with Crippen molar-refractivity contribution < 1.29 is 22.8 Å². The van der Waals surface area contributed by atoms with Crippen LogP contribution >= 0.6 is 0 Å². The van der Waals surface area contributed by atoms with Gasteiger partial charge < -0.3 is 19.9 Å². The van der Waals surface area contributed by atoms with Gasteiger partial charge in [0.1, 0.15) is 18.7 Å². The van der Waals surface area contributed by atoms with Crippen LogP contribution in [0.3, 0.4) is 0 Å². The fraction of sp³-hybridized carbons (Fsp3) is 0.360. The Morgan fingerprint density at radius 3 is 2.63 bits per heavy atom. The van der Waals surface area contributed by atoms with Crippen molar-refractivity contribution in [3.8, 4) is 0 Å². The zero-order valence-corrected chi connectivity index (χ0v) is 21.0. The van der Waals surface area contributed by atoms with Crippen LogP contribution in [0.5, 0.6) is 0 Å². The third-order valence-electron chi connectivity index (χ3n) is 6.42. The molecule has 3 aromatic rings. The Balaban J connectivity index is 1.59. The van der Waals surface area contributed by atoms with Gasteiger partial charge in [0.25, 0.3) is 15.9 Å². The number of nitrogens with zero attached hydrogens (tertiary/aromatic N) is 1. The van der Waals surface area contributed by atoms with E-state index in [2.05, 4.69) is 10.3 Å². The smallest absolute Gasteiger partial charge is 0.264 e. The molecule has 0 radical (unpaired) electrons. The molecule has 3 N–H and O–H groups in total. The molecule has 9 nitrogen and oxygen atoms in total. The second kappa shape index (κ2) is 10.2. The predicted octanol–water partition coefficient (Wildman–Crippen LogP) is 0.615. The maximum Gasteiger partial charge on any atom is 0.264 e. The second-order valence-corrected chi connectivity index (χ2v) is 10.8. The van der Waals surface area contributed by atoms with Crippen molar-refractivity contribution >= 4 is 32.5 Å². The van der Waals surface area contributed by atoms with Gasteiger partial charge in [0.05, 0.1) is 36.9 Å². The van der Waals surface area contributed by atoms with Crippen molar-refractivity contribution in [3.05, 3.63) is 69.5 Å². The largest absolute Gasteiger partial charge is 0.370 e. The average molecular weight is 500 g/mol. The summed E-state index contributed by atoms with van der Waals surface area (Å²) in [5.74, 6) is -0.485. The molecular formula is C25H31N4O5S+. The summed E-state index contributed by atoms with van der Waals surface area (Å²) in [6.45, 7) is 8.11. The Labute approximate surface area is 204 Å². The fourth-order valence-electron chi connectivity index (χ4n) is 4.23. The molecule has 1 fully saturated rings. The molecule has 35 heavy (non-hydrogen) atoms. The van der Waals surface area contributed by atoms with Crippen LogP contribution in [0.4, 0.5) is 5.69 Å². The summed E-state index contributed by atoms with van der Waals surface area (Å²) in [6, 6.07) is 9.93. The number of ether oxygens (including phenoxy) is 1. The van der Waals surface area contributed by atoms with Crippen LogP contribution in [-0.2, 0) is 14.8 Å². The van der Waals surface area contributed by atoms with Gasteiger partial charge >= 0.3 is 0 Å². The second-order valence-electron chi connectivity index (χ2n) is 8.87. The third-order valence-corrected chi connectivity index (χ3v) is 8.19. The number of aromatic nitrogens is 1. The van der Waals surface area contributed by atoms with Gasteiger partial charge in [0.15, 0.2) is 0 Å². The SMILES string of the molecule is Cc1ccc(C)c(N(C)S(=O)(=O)c2ccc3[nH]cc(C(=O)NCC[NH+]4CCOCC4)c(=O)c3c2)c1. The number of nitrogens with one attached hydrogen (secondary N) is 3.